The molecule has 0 aromatic carbocycles. The third-order valence-electron chi connectivity index (χ3n) is 4.09. The Labute approximate surface area is 133 Å². The van der Waals surface area contributed by atoms with Crippen molar-refractivity contribution in [3.63, 3.8) is 0 Å². The average molecular weight is 379 g/mol. The van der Waals surface area contributed by atoms with Crippen molar-refractivity contribution in [2.24, 2.45) is 5.41 Å². The van der Waals surface area contributed by atoms with E-state index in [4.69, 9.17) is 0 Å². The summed E-state index contributed by atoms with van der Waals surface area (Å²) in [5.74, 6) is 0.112. The third-order valence-corrected chi connectivity index (χ3v) is 5.60. The van der Waals surface area contributed by atoms with Gasteiger partial charge in [-0.3, -0.25) is 4.79 Å². The lowest BCUT2D eigenvalue weighted by atomic mass is 9.79. The smallest absolute Gasteiger partial charge is 0.245 e. The fraction of sp³-hybridized carbons (Fsp3) is 0.812. The molecular formula is C16H30INO. The van der Waals surface area contributed by atoms with Gasteiger partial charge in [-0.2, -0.15) is 0 Å². The molecule has 2 atom stereocenters. The van der Waals surface area contributed by atoms with E-state index >= 15 is 0 Å². The van der Waals surface area contributed by atoms with E-state index in [1.165, 1.54) is 25.7 Å². The van der Waals surface area contributed by atoms with Crippen LogP contribution in [-0.4, -0.2) is 28.3 Å². The molecule has 0 N–H and O–H groups in total. The third kappa shape index (κ3) is 7.95. The molecule has 0 bridgehead atoms. The van der Waals surface area contributed by atoms with E-state index in [-0.39, 0.29) is 5.91 Å². The van der Waals surface area contributed by atoms with Crippen LogP contribution < -0.4 is 0 Å². The number of amides is 1. The van der Waals surface area contributed by atoms with Crippen LogP contribution in [0, 0.1) is 5.41 Å². The highest BCUT2D eigenvalue weighted by Crippen LogP contribution is 2.33. The summed E-state index contributed by atoms with van der Waals surface area (Å²) < 4.78 is 0.783. The van der Waals surface area contributed by atoms with E-state index in [1.54, 1.807) is 12.2 Å². The molecule has 19 heavy (non-hydrogen) atoms. The van der Waals surface area contributed by atoms with E-state index in [2.05, 4.69) is 43.4 Å². The molecule has 0 fully saturated rings. The van der Waals surface area contributed by atoms with Crippen LogP contribution in [0.25, 0.3) is 0 Å². The molecule has 112 valence electrons. The average Bonchev–Trinajstić information content (AvgIpc) is 2.42. The Kier molecular flexibility index (Phi) is 9.75. The Morgan fingerprint density at radius 1 is 1.37 bits per heavy atom. The van der Waals surface area contributed by atoms with Crippen LogP contribution in [-0.2, 0) is 4.79 Å². The standard InChI is InChI=1S/C16H30INO/c1-6-9-15(19)18(5)13-12-16(4,8-3)11-10-14(17)7-2/h6,9,14H,7-8,10-13H2,1-5H3/b9-6+. The lowest BCUT2D eigenvalue weighted by Gasteiger charge is -2.31. The first-order valence-corrected chi connectivity index (χ1v) is 8.65. The topological polar surface area (TPSA) is 20.3 Å². The molecule has 0 radical (unpaired) electrons. The van der Waals surface area contributed by atoms with Gasteiger partial charge in [0.15, 0.2) is 0 Å². The number of carbonyl (C=O) groups excluding carboxylic acids is 1. The molecule has 0 aliphatic heterocycles. The quantitative estimate of drug-likeness (QED) is 0.320. The SMILES string of the molecule is C/C=C/C(=O)N(C)CCC(C)(CC)CCC(I)CC. The van der Waals surface area contributed by atoms with Gasteiger partial charge in [0.1, 0.15) is 0 Å². The molecule has 0 heterocycles. The minimum Gasteiger partial charge on any atom is -0.342 e. The van der Waals surface area contributed by atoms with Crippen molar-refractivity contribution in [2.45, 2.75) is 63.7 Å². The molecule has 3 heteroatoms. The minimum atomic E-state index is 0.112. The molecule has 1 amide bonds. The molecular weight excluding hydrogens is 349 g/mol. The number of likely N-dealkylation sites (N-methyl/N-ethyl adjacent to an activating group) is 1. The Morgan fingerprint density at radius 2 is 2.00 bits per heavy atom. The van der Waals surface area contributed by atoms with Crippen molar-refractivity contribution in [1.82, 2.24) is 4.90 Å². The fourth-order valence-electron chi connectivity index (χ4n) is 2.01. The van der Waals surface area contributed by atoms with Crippen molar-refractivity contribution in [3.05, 3.63) is 12.2 Å². The van der Waals surface area contributed by atoms with E-state index in [1.807, 2.05) is 18.9 Å². The monoisotopic (exact) mass is 379 g/mol. The Morgan fingerprint density at radius 3 is 2.47 bits per heavy atom. The van der Waals surface area contributed by atoms with Crippen LogP contribution in [0.4, 0.5) is 0 Å². The molecule has 2 nitrogen and oxygen atoms in total. The van der Waals surface area contributed by atoms with Crippen molar-refractivity contribution >= 4 is 28.5 Å². The molecule has 0 saturated carbocycles. The maximum Gasteiger partial charge on any atom is 0.245 e. The highest BCUT2D eigenvalue weighted by atomic mass is 127. The summed E-state index contributed by atoms with van der Waals surface area (Å²) in [6, 6.07) is 0. The van der Waals surface area contributed by atoms with Crippen molar-refractivity contribution in [1.29, 1.82) is 0 Å². The normalized spacial score (nSPS) is 16.3. The number of rotatable bonds is 9. The zero-order valence-corrected chi connectivity index (χ0v) is 15.4. The predicted octanol–water partition coefficient (Wildman–Crippen LogP) is 4.82. The molecule has 0 aromatic rings. The van der Waals surface area contributed by atoms with Crippen molar-refractivity contribution < 1.29 is 4.79 Å². The molecule has 0 spiro atoms. The van der Waals surface area contributed by atoms with Crippen molar-refractivity contribution in [2.75, 3.05) is 13.6 Å². The molecule has 0 aliphatic rings. The van der Waals surface area contributed by atoms with Gasteiger partial charge in [0, 0.05) is 17.5 Å². The van der Waals surface area contributed by atoms with Gasteiger partial charge in [0.25, 0.3) is 0 Å². The maximum absolute atomic E-state index is 11.7. The lowest BCUT2D eigenvalue weighted by molar-refractivity contribution is -0.125. The highest BCUT2D eigenvalue weighted by Gasteiger charge is 2.23. The van der Waals surface area contributed by atoms with Crippen LogP contribution in [0.1, 0.15) is 59.8 Å². The fourth-order valence-corrected chi connectivity index (χ4v) is 2.32. The second-order valence-electron chi connectivity index (χ2n) is 5.72. The number of nitrogens with zero attached hydrogens (tertiary/aromatic N) is 1. The van der Waals surface area contributed by atoms with E-state index < -0.39 is 0 Å². The first-order valence-electron chi connectivity index (χ1n) is 7.40. The summed E-state index contributed by atoms with van der Waals surface area (Å²) in [5.41, 5.74) is 0.364. The summed E-state index contributed by atoms with van der Waals surface area (Å²) >= 11 is 2.55. The van der Waals surface area contributed by atoms with E-state index in [0.717, 1.165) is 16.9 Å². The van der Waals surface area contributed by atoms with Gasteiger partial charge in [0.2, 0.25) is 5.91 Å². The maximum atomic E-state index is 11.7. The van der Waals surface area contributed by atoms with Crippen LogP contribution in [0.5, 0.6) is 0 Å². The largest absolute Gasteiger partial charge is 0.342 e. The first-order chi connectivity index (χ1) is 8.88. The van der Waals surface area contributed by atoms with Gasteiger partial charge in [-0.1, -0.05) is 55.9 Å². The van der Waals surface area contributed by atoms with Crippen LogP contribution >= 0.6 is 22.6 Å². The van der Waals surface area contributed by atoms with Crippen LogP contribution in [0.3, 0.4) is 0 Å². The number of carbonyl (C=O) groups is 1. The summed E-state index contributed by atoms with van der Waals surface area (Å²) in [6.45, 7) is 9.62. The van der Waals surface area contributed by atoms with Gasteiger partial charge in [0.05, 0.1) is 0 Å². The van der Waals surface area contributed by atoms with Gasteiger partial charge in [-0.15, -0.1) is 0 Å². The Hall–Kier alpha value is -0.0600. The summed E-state index contributed by atoms with van der Waals surface area (Å²) in [4.78, 5) is 13.5. The zero-order valence-electron chi connectivity index (χ0n) is 13.2. The number of hydrogen-bond donors (Lipinski definition) is 0. The number of alkyl halides is 1. The number of hydrogen-bond acceptors (Lipinski definition) is 1. The molecule has 0 rings (SSSR count). The summed E-state index contributed by atoms with van der Waals surface area (Å²) in [6.07, 6.45) is 9.52. The molecule has 0 aliphatic carbocycles. The van der Waals surface area contributed by atoms with Crippen LogP contribution in [0.15, 0.2) is 12.2 Å². The van der Waals surface area contributed by atoms with Gasteiger partial charge in [-0.25, -0.2) is 0 Å². The molecule has 0 saturated heterocycles. The second-order valence-corrected chi connectivity index (χ2v) is 7.48. The van der Waals surface area contributed by atoms with Gasteiger partial charge < -0.3 is 4.90 Å². The highest BCUT2D eigenvalue weighted by molar-refractivity contribution is 14.1. The molecule has 0 aromatic heterocycles. The van der Waals surface area contributed by atoms with Gasteiger partial charge >= 0.3 is 0 Å². The Bertz CT molecular complexity index is 290. The predicted molar refractivity (Wildman–Crippen MR) is 92.8 cm³/mol. The number of allylic oxidation sites excluding steroid dienone is 1. The number of halogens is 1. The van der Waals surface area contributed by atoms with E-state index in [0.29, 0.717) is 5.41 Å². The van der Waals surface area contributed by atoms with E-state index in [9.17, 15) is 4.79 Å². The van der Waals surface area contributed by atoms with Crippen molar-refractivity contribution in [3.8, 4) is 0 Å². The second kappa shape index (κ2) is 9.78. The summed E-state index contributed by atoms with van der Waals surface area (Å²) in [7, 11) is 1.89. The first kappa shape index (κ1) is 18.9. The molecule has 2 unspecified atom stereocenters. The minimum absolute atomic E-state index is 0.112. The van der Waals surface area contributed by atoms with Gasteiger partial charge in [-0.05, 0) is 44.1 Å². The Balaban J connectivity index is 4.26. The van der Waals surface area contributed by atoms with Crippen LogP contribution in [0.2, 0.25) is 0 Å². The zero-order chi connectivity index (χ0) is 14.9. The lowest BCUT2D eigenvalue weighted by Crippen LogP contribution is -2.30. The summed E-state index contributed by atoms with van der Waals surface area (Å²) in [5, 5.41) is 0.